The fraction of sp³-hybridized carbons (Fsp3) is 0.261. The van der Waals surface area contributed by atoms with E-state index in [0.717, 1.165) is 11.1 Å². The average molecular weight is 393 g/mol. The molecule has 0 bridgehead atoms. The molecule has 1 N–H and O–H groups in total. The van der Waals surface area contributed by atoms with Crippen molar-refractivity contribution < 1.29 is 24.2 Å². The van der Waals surface area contributed by atoms with E-state index in [1.807, 2.05) is 31.2 Å². The number of carbonyl (C=O) groups excluding carboxylic acids is 3. The van der Waals surface area contributed by atoms with E-state index in [1.54, 1.807) is 38.1 Å². The number of hydrogen-bond donors (Lipinski definition) is 1. The molecule has 6 nitrogen and oxygen atoms in total. The molecule has 0 radical (unpaired) electrons. The van der Waals surface area contributed by atoms with Crippen molar-refractivity contribution >= 4 is 23.3 Å². The molecule has 1 aliphatic rings. The Hall–Kier alpha value is -3.41. The second-order valence-electron chi connectivity index (χ2n) is 6.80. The molecule has 29 heavy (non-hydrogen) atoms. The minimum absolute atomic E-state index is 0.0950. The van der Waals surface area contributed by atoms with Gasteiger partial charge in [0.25, 0.3) is 5.91 Å². The van der Waals surface area contributed by atoms with Crippen molar-refractivity contribution in [3.63, 3.8) is 0 Å². The molecule has 0 fully saturated rings. The minimum Gasteiger partial charge on any atom is -0.503 e. The summed E-state index contributed by atoms with van der Waals surface area (Å²) >= 11 is 0. The lowest BCUT2D eigenvalue weighted by Gasteiger charge is -2.27. The smallest absolute Gasteiger partial charge is 0.338 e. The number of ether oxygens (including phenoxy) is 1. The molecule has 2 aromatic carbocycles. The molecule has 6 heteroatoms. The van der Waals surface area contributed by atoms with Crippen molar-refractivity contribution in [3.05, 3.63) is 76.6 Å². The largest absolute Gasteiger partial charge is 0.503 e. The van der Waals surface area contributed by atoms with E-state index in [0.29, 0.717) is 11.3 Å². The second kappa shape index (κ2) is 8.31. The van der Waals surface area contributed by atoms with Gasteiger partial charge in [-0.3, -0.25) is 14.5 Å². The van der Waals surface area contributed by atoms with Gasteiger partial charge < -0.3 is 9.84 Å². The third-order valence-corrected chi connectivity index (χ3v) is 4.84. The number of carbonyl (C=O) groups is 3. The monoisotopic (exact) mass is 393 g/mol. The number of anilines is 1. The summed E-state index contributed by atoms with van der Waals surface area (Å²) < 4.78 is 4.99. The minimum atomic E-state index is -0.733. The SMILES string of the molecule is CCOC(=O)c1ccc(N2C(=O)C(O)=C(C(=O)CC)C2c2cccc(C)c2)cc1. The first-order chi connectivity index (χ1) is 13.9. The number of ketones is 1. The van der Waals surface area contributed by atoms with Crippen LogP contribution in [0.15, 0.2) is 59.9 Å². The van der Waals surface area contributed by atoms with Crippen LogP contribution in [0.1, 0.15) is 47.8 Å². The highest BCUT2D eigenvalue weighted by atomic mass is 16.5. The summed E-state index contributed by atoms with van der Waals surface area (Å²) in [4.78, 5) is 38.8. The fourth-order valence-corrected chi connectivity index (χ4v) is 3.47. The van der Waals surface area contributed by atoms with Crippen molar-refractivity contribution in [2.45, 2.75) is 33.2 Å². The van der Waals surface area contributed by atoms with Gasteiger partial charge in [0, 0.05) is 12.1 Å². The highest BCUT2D eigenvalue weighted by molar-refractivity contribution is 6.16. The summed E-state index contributed by atoms with van der Waals surface area (Å²) in [5, 5.41) is 10.5. The van der Waals surface area contributed by atoms with Crippen molar-refractivity contribution in [2.24, 2.45) is 0 Å². The van der Waals surface area contributed by atoms with Crippen LogP contribution in [0.2, 0.25) is 0 Å². The van der Waals surface area contributed by atoms with E-state index in [1.165, 1.54) is 4.90 Å². The first kappa shape index (κ1) is 20.3. The second-order valence-corrected chi connectivity index (χ2v) is 6.80. The van der Waals surface area contributed by atoms with Gasteiger partial charge in [0.2, 0.25) is 0 Å². The predicted molar refractivity (Wildman–Crippen MR) is 109 cm³/mol. The van der Waals surface area contributed by atoms with Crippen LogP contribution >= 0.6 is 0 Å². The zero-order chi connectivity index (χ0) is 21.1. The predicted octanol–water partition coefficient (Wildman–Crippen LogP) is 4.05. The van der Waals surface area contributed by atoms with Gasteiger partial charge in [-0.05, 0) is 43.7 Å². The Morgan fingerprint density at radius 2 is 1.79 bits per heavy atom. The van der Waals surface area contributed by atoms with Crippen molar-refractivity contribution in [3.8, 4) is 0 Å². The van der Waals surface area contributed by atoms with Crippen molar-refractivity contribution in [1.29, 1.82) is 0 Å². The Bertz CT molecular complexity index is 991. The summed E-state index contributed by atoms with van der Waals surface area (Å²) in [6, 6.07) is 13.1. The van der Waals surface area contributed by atoms with Crippen molar-refractivity contribution in [1.82, 2.24) is 0 Å². The quantitative estimate of drug-likeness (QED) is 0.749. The molecule has 1 aliphatic heterocycles. The van der Waals surface area contributed by atoms with Gasteiger partial charge in [-0.2, -0.15) is 0 Å². The van der Waals surface area contributed by atoms with E-state index >= 15 is 0 Å². The van der Waals surface area contributed by atoms with Gasteiger partial charge in [-0.1, -0.05) is 36.8 Å². The molecule has 0 spiro atoms. The summed E-state index contributed by atoms with van der Waals surface area (Å²) in [5.74, 6) is -1.91. The van der Waals surface area contributed by atoms with Crippen molar-refractivity contribution in [2.75, 3.05) is 11.5 Å². The van der Waals surface area contributed by atoms with Crippen LogP contribution in [-0.4, -0.2) is 29.4 Å². The molecule has 0 aliphatic carbocycles. The lowest BCUT2D eigenvalue weighted by Crippen LogP contribution is -2.31. The number of aliphatic hydroxyl groups is 1. The van der Waals surface area contributed by atoms with Gasteiger partial charge in [-0.25, -0.2) is 4.79 Å². The Kier molecular flexibility index (Phi) is 5.82. The van der Waals surface area contributed by atoms with Gasteiger partial charge in [0.15, 0.2) is 11.5 Å². The number of esters is 1. The molecule has 1 amide bonds. The Balaban J connectivity index is 2.08. The zero-order valence-electron chi connectivity index (χ0n) is 16.6. The third-order valence-electron chi connectivity index (χ3n) is 4.84. The van der Waals surface area contributed by atoms with Crippen LogP contribution < -0.4 is 4.90 Å². The average Bonchev–Trinajstić information content (AvgIpc) is 2.99. The lowest BCUT2D eigenvalue weighted by atomic mass is 9.94. The zero-order valence-corrected chi connectivity index (χ0v) is 16.6. The number of aliphatic hydroxyl groups excluding tert-OH is 1. The molecule has 0 aromatic heterocycles. The maximum atomic E-state index is 12.9. The molecule has 3 rings (SSSR count). The van der Waals surface area contributed by atoms with E-state index in [4.69, 9.17) is 4.74 Å². The summed E-state index contributed by atoms with van der Waals surface area (Å²) in [6.07, 6.45) is 0.171. The standard InChI is InChI=1S/C23H23NO5/c1-4-18(25)19-20(16-8-6-7-14(3)13-16)24(22(27)21(19)26)17-11-9-15(10-12-17)23(28)29-5-2/h6-13,20,26H,4-5H2,1-3H3. The highest BCUT2D eigenvalue weighted by Gasteiger charge is 2.43. The summed E-state index contributed by atoms with van der Waals surface area (Å²) in [5.41, 5.74) is 2.63. The Morgan fingerprint density at radius 3 is 2.38 bits per heavy atom. The summed E-state index contributed by atoms with van der Waals surface area (Å²) in [6.45, 7) is 5.60. The first-order valence-electron chi connectivity index (χ1n) is 9.52. The van der Waals surface area contributed by atoms with Crippen LogP contribution in [0.4, 0.5) is 5.69 Å². The van der Waals surface area contributed by atoms with E-state index in [-0.39, 0.29) is 24.4 Å². The molecule has 150 valence electrons. The van der Waals surface area contributed by atoms with Gasteiger partial charge in [0.05, 0.1) is 23.8 Å². The molecule has 0 saturated heterocycles. The number of benzene rings is 2. The number of aryl methyl sites for hydroxylation is 1. The number of nitrogens with zero attached hydrogens (tertiary/aromatic N) is 1. The summed E-state index contributed by atoms with van der Waals surface area (Å²) in [7, 11) is 0. The van der Waals surface area contributed by atoms with Crippen LogP contribution in [0.25, 0.3) is 0 Å². The highest BCUT2D eigenvalue weighted by Crippen LogP contribution is 2.41. The lowest BCUT2D eigenvalue weighted by molar-refractivity contribution is -0.118. The molecule has 1 heterocycles. The Labute approximate surface area is 169 Å². The van der Waals surface area contributed by atoms with Crippen LogP contribution in [-0.2, 0) is 14.3 Å². The Morgan fingerprint density at radius 1 is 1.10 bits per heavy atom. The van der Waals surface area contributed by atoms with E-state index in [2.05, 4.69) is 0 Å². The molecular weight excluding hydrogens is 370 g/mol. The van der Waals surface area contributed by atoms with Gasteiger partial charge in [-0.15, -0.1) is 0 Å². The van der Waals surface area contributed by atoms with Crippen LogP contribution in [0, 0.1) is 6.92 Å². The molecule has 2 aromatic rings. The maximum absolute atomic E-state index is 12.9. The fourth-order valence-electron chi connectivity index (χ4n) is 3.47. The molecular formula is C23H23NO5. The number of Topliss-reactive ketones (excluding diaryl/α,β-unsaturated/α-hetero) is 1. The normalized spacial score (nSPS) is 16.3. The van der Waals surface area contributed by atoms with E-state index < -0.39 is 23.7 Å². The maximum Gasteiger partial charge on any atom is 0.338 e. The number of rotatable bonds is 6. The van der Waals surface area contributed by atoms with Gasteiger partial charge >= 0.3 is 5.97 Å². The number of amides is 1. The third kappa shape index (κ3) is 3.78. The molecule has 1 unspecified atom stereocenters. The van der Waals surface area contributed by atoms with Crippen LogP contribution in [0.5, 0.6) is 0 Å². The van der Waals surface area contributed by atoms with Gasteiger partial charge in [0.1, 0.15) is 0 Å². The molecule has 1 atom stereocenters. The molecule has 0 saturated carbocycles. The number of hydrogen-bond acceptors (Lipinski definition) is 5. The first-order valence-corrected chi connectivity index (χ1v) is 9.52. The van der Waals surface area contributed by atoms with E-state index in [9.17, 15) is 19.5 Å². The topological polar surface area (TPSA) is 83.9 Å². The van der Waals surface area contributed by atoms with Crippen LogP contribution in [0.3, 0.4) is 0 Å².